The zero-order valence-electron chi connectivity index (χ0n) is 12.8. The molecule has 0 bridgehead atoms. The molecule has 3 heterocycles. The number of carbonyl (C=O) groups is 1. The van der Waals surface area contributed by atoms with E-state index in [-0.39, 0.29) is 18.4 Å². The van der Waals surface area contributed by atoms with Gasteiger partial charge in [0.15, 0.2) is 0 Å². The predicted molar refractivity (Wildman–Crippen MR) is 87.0 cm³/mol. The van der Waals surface area contributed by atoms with E-state index in [2.05, 4.69) is 31.2 Å². The Hall–Kier alpha value is -1.28. The van der Waals surface area contributed by atoms with E-state index in [1.807, 2.05) is 4.90 Å². The van der Waals surface area contributed by atoms with Crippen LogP contribution >= 0.6 is 15.9 Å². The van der Waals surface area contributed by atoms with E-state index in [0.717, 1.165) is 10.9 Å². The maximum atomic E-state index is 14.9. The van der Waals surface area contributed by atoms with Gasteiger partial charge in [0, 0.05) is 44.9 Å². The number of alkyl halides is 1. The van der Waals surface area contributed by atoms with Gasteiger partial charge in [-0.05, 0) is 22.4 Å². The fourth-order valence-electron chi connectivity index (χ4n) is 2.88. The summed E-state index contributed by atoms with van der Waals surface area (Å²) in [7, 11) is 0. The molecule has 23 heavy (non-hydrogen) atoms. The van der Waals surface area contributed by atoms with Crippen molar-refractivity contribution in [2.75, 3.05) is 37.7 Å². The van der Waals surface area contributed by atoms with E-state index >= 15 is 0 Å². The highest BCUT2D eigenvalue weighted by Gasteiger charge is 2.36. The first-order chi connectivity index (χ1) is 11.1. The van der Waals surface area contributed by atoms with Crippen LogP contribution in [0.15, 0.2) is 16.9 Å². The van der Waals surface area contributed by atoms with Crippen LogP contribution in [0.5, 0.6) is 0 Å². The Morgan fingerprint density at radius 3 is 2.74 bits per heavy atom. The zero-order chi connectivity index (χ0) is 16.3. The van der Waals surface area contributed by atoms with Crippen molar-refractivity contribution in [3.63, 3.8) is 0 Å². The molecule has 0 aromatic carbocycles. The number of carbonyl (C=O) groups excluding carboxylic acids is 1. The average Bonchev–Trinajstić information content (AvgIpc) is 3.09. The summed E-state index contributed by atoms with van der Waals surface area (Å²) in [5.74, 6) is 0.385. The number of piperidine rings is 1. The lowest BCUT2D eigenvalue weighted by atomic mass is 9.93. The van der Waals surface area contributed by atoms with Gasteiger partial charge in [-0.1, -0.05) is 0 Å². The first-order valence-electron chi connectivity index (χ1n) is 7.83. The third-order valence-electron chi connectivity index (χ3n) is 4.43. The largest absolute Gasteiger partial charge is 0.381 e. The molecule has 0 radical (unpaired) electrons. The summed E-state index contributed by atoms with van der Waals surface area (Å²) in [4.78, 5) is 22.4. The van der Waals surface area contributed by atoms with Crippen molar-refractivity contribution in [1.82, 2.24) is 15.3 Å². The number of rotatable bonds is 4. The van der Waals surface area contributed by atoms with Crippen molar-refractivity contribution >= 4 is 27.8 Å². The van der Waals surface area contributed by atoms with Gasteiger partial charge in [-0.25, -0.2) is 14.4 Å². The van der Waals surface area contributed by atoms with Crippen LogP contribution in [0.25, 0.3) is 0 Å². The molecule has 1 aromatic heterocycles. The van der Waals surface area contributed by atoms with Gasteiger partial charge in [-0.15, -0.1) is 0 Å². The summed E-state index contributed by atoms with van der Waals surface area (Å²) in [6, 6.07) is 0. The molecule has 2 fully saturated rings. The molecule has 1 aromatic rings. The summed E-state index contributed by atoms with van der Waals surface area (Å²) in [5, 5.41) is 2.75. The highest BCUT2D eigenvalue weighted by atomic mass is 79.9. The Balaban J connectivity index is 1.48. The standard InChI is InChI=1S/C15H20BrFN4O2/c16-12-7-18-14(19-8-12)21-4-2-15(17,3-5-21)10-20-13(22)11-1-6-23-9-11/h7-8,11H,1-6,9-10H2,(H,20,22). The molecule has 0 saturated carbocycles. The van der Waals surface area contributed by atoms with E-state index in [9.17, 15) is 9.18 Å². The van der Waals surface area contributed by atoms with Gasteiger partial charge in [0.1, 0.15) is 5.67 Å². The topological polar surface area (TPSA) is 67.4 Å². The molecule has 1 N–H and O–H groups in total. The summed E-state index contributed by atoms with van der Waals surface area (Å²) in [6.45, 7) is 2.21. The number of aromatic nitrogens is 2. The van der Waals surface area contributed by atoms with Crippen molar-refractivity contribution in [2.24, 2.45) is 5.92 Å². The van der Waals surface area contributed by atoms with Crippen molar-refractivity contribution in [3.8, 4) is 0 Å². The molecule has 2 aliphatic heterocycles. The molecule has 8 heteroatoms. The van der Waals surface area contributed by atoms with Gasteiger partial charge in [-0.2, -0.15) is 0 Å². The van der Waals surface area contributed by atoms with Crippen molar-refractivity contribution in [2.45, 2.75) is 24.9 Å². The first kappa shape index (κ1) is 16.6. The normalized spacial score (nSPS) is 23.7. The minimum absolute atomic E-state index is 0.0668. The SMILES string of the molecule is O=C(NCC1(F)CCN(c2ncc(Br)cn2)CC1)C1CCOC1. The minimum Gasteiger partial charge on any atom is -0.381 e. The monoisotopic (exact) mass is 386 g/mol. The molecule has 1 unspecified atom stereocenters. The number of hydrogen-bond acceptors (Lipinski definition) is 5. The fraction of sp³-hybridized carbons (Fsp3) is 0.667. The van der Waals surface area contributed by atoms with E-state index in [4.69, 9.17) is 4.74 Å². The molecular weight excluding hydrogens is 367 g/mol. The van der Waals surface area contributed by atoms with Crippen LogP contribution in [-0.4, -0.2) is 54.4 Å². The van der Waals surface area contributed by atoms with Crippen molar-refractivity contribution in [1.29, 1.82) is 0 Å². The van der Waals surface area contributed by atoms with E-state index in [1.165, 1.54) is 0 Å². The Kier molecular flexibility index (Phi) is 5.11. The zero-order valence-corrected chi connectivity index (χ0v) is 14.4. The van der Waals surface area contributed by atoms with E-state index in [0.29, 0.717) is 45.1 Å². The lowest BCUT2D eigenvalue weighted by Crippen LogP contribution is -2.49. The van der Waals surface area contributed by atoms with Gasteiger partial charge in [0.25, 0.3) is 0 Å². The van der Waals surface area contributed by atoms with Crippen LogP contribution in [0.4, 0.5) is 10.3 Å². The van der Waals surface area contributed by atoms with Crippen LogP contribution in [-0.2, 0) is 9.53 Å². The number of nitrogens with zero attached hydrogens (tertiary/aromatic N) is 3. The number of halogens is 2. The van der Waals surface area contributed by atoms with Crippen LogP contribution in [0.2, 0.25) is 0 Å². The molecule has 0 aliphatic carbocycles. The van der Waals surface area contributed by atoms with Gasteiger partial charge in [-0.3, -0.25) is 4.79 Å². The van der Waals surface area contributed by atoms with Gasteiger partial charge in [0.2, 0.25) is 11.9 Å². The highest BCUT2D eigenvalue weighted by molar-refractivity contribution is 9.10. The number of anilines is 1. The molecule has 6 nitrogen and oxygen atoms in total. The molecule has 126 valence electrons. The molecule has 1 atom stereocenters. The lowest BCUT2D eigenvalue weighted by molar-refractivity contribution is -0.125. The van der Waals surface area contributed by atoms with E-state index in [1.54, 1.807) is 12.4 Å². The van der Waals surface area contributed by atoms with E-state index < -0.39 is 5.67 Å². The quantitative estimate of drug-likeness (QED) is 0.852. The smallest absolute Gasteiger partial charge is 0.225 e. The second-order valence-corrected chi connectivity index (χ2v) is 7.03. The molecular formula is C15H20BrFN4O2. The Morgan fingerprint density at radius 1 is 1.43 bits per heavy atom. The summed E-state index contributed by atoms with van der Waals surface area (Å²) in [5.41, 5.74) is -1.36. The van der Waals surface area contributed by atoms with Crippen LogP contribution in [0, 0.1) is 5.92 Å². The Labute approximate surface area is 142 Å². The van der Waals surface area contributed by atoms with Crippen LogP contribution < -0.4 is 10.2 Å². The average molecular weight is 387 g/mol. The van der Waals surface area contributed by atoms with Gasteiger partial charge >= 0.3 is 0 Å². The van der Waals surface area contributed by atoms with Gasteiger partial charge in [0.05, 0.1) is 23.5 Å². The Morgan fingerprint density at radius 2 is 2.13 bits per heavy atom. The minimum atomic E-state index is -1.36. The molecule has 2 aliphatic rings. The third-order valence-corrected chi connectivity index (χ3v) is 4.84. The molecule has 0 spiro atoms. The molecule has 3 rings (SSSR count). The summed E-state index contributed by atoms with van der Waals surface area (Å²) >= 11 is 3.30. The first-order valence-corrected chi connectivity index (χ1v) is 8.62. The number of amides is 1. The second kappa shape index (κ2) is 7.09. The highest BCUT2D eigenvalue weighted by Crippen LogP contribution is 2.28. The number of ether oxygens (including phenoxy) is 1. The maximum absolute atomic E-state index is 14.9. The summed E-state index contributed by atoms with van der Waals surface area (Å²) in [6.07, 6.45) is 4.80. The van der Waals surface area contributed by atoms with Crippen molar-refractivity contribution < 1.29 is 13.9 Å². The molecule has 2 saturated heterocycles. The van der Waals surface area contributed by atoms with Crippen LogP contribution in [0.3, 0.4) is 0 Å². The number of nitrogens with one attached hydrogen (secondary N) is 1. The lowest BCUT2D eigenvalue weighted by Gasteiger charge is -2.36. The molecule has 1 amide bonds. The van der Waals surface area contributed by atoms with Crippen LogP contribution in [0.1, 0.15) is 19.3 Å². The van der Waals surface area contributed by atoms with Gasteiger partial charge < -0.3 is 15.0 Å². The maximum Gasteiger partial charge on any atom is 0.225 e. The second-order valence-electron chi connectivity index (χ2n) is 6.12. The fourth-order valence-corrected chi connectivity index (χ4v) is 3.09. The predicted octanol–water partition coefficient (Wildman–Crippen LogP) is 1.70. The Bertz CT molecular complexity index is 543. The summed E-state index contributed by atoms with van der Waals surface area (Å²) < 4.78 is 20.9. The third kappa shape index (κ3) is 4.17. The number of hydrogen-bond donors (Lipinski definition) is 1. The van der Waals surface area contributed by atoms with Crippen molar-refractivity contribution in [3.05, 3.63) is 16.9 Å².